The summed E-state index contributed by atoms with van der Waals surface area (Å²) >= 11 is 0. The number of amides is 2. The summed E-state index contributed by atoms with van der Waals surface area (Å²) in [5.74, 6) is -0.369. The summed E-state index contributed by atoms with van der Waals surface area (Å²) in [4.78, 5) is 35.4. The Hall–Kier alpha value is -2.31. The van der Waals surface area contributed by atoms with Crippen molar-refractivity contribution in [2.75, 3.05) is 5.32 Å². The highest BCUT2D eigenvalue weighted by molar-refractivity contribution is 5.89. The SMILES string of the molecule is CCCn1cc(NC(=O)N[C@H](C)CC(=O)OC(C)(C)C)ccc1=O. The zero-order valence-corrected chi connectivity index (χ0v) is 15.0. The molecule has 0 aliphatic carbocycles. The van der Waals surface area contributed by atoms with Crippen molar-refractivity contribution in [1.82, 2.24) is 9.88 Å². The van der Waals surface area contributed by atoms with Crippen LogP contribution in [0.25, 0.3) is 0 Å². The monoisotopic (exact) mass is 337 g/mol. The Morgan fingerprint density at radius 1 is 1.29 bits per heavy atom. The fourth-order valence-electron chi connectivity index (χ4n) is 2.10. The number of urea groups is 1. The van der Waals surface area contributed by atoms with E-state index in [1.165, 1.54) is 6.07 Å². The number of esters is 1. The first-order valence-corrected chi connectivity index (χ1v) is 8.10. The summed E-state index contributed by atoms with van der Waals surface area (Å²) in [6.45, 7) is 9.66. The number of hydrogen-bond donors (Lipinski definition) is 2. The lowest BCUT2D eigenvalue weighted by atomic mass is 10.2. The Bertz CT molecular complexity index is 631. The molecule has 1 rings (SSSR count). The maximum Gasteiger partial charge on any atom is 0.319 e. The van der Waals surface area contributed by atoms with Crippen LogP contribution in [-0.4, -0.2) is 28.2 Å². The van der Waals surface area contributed by atoms with E-state index in [9.17, 15) is 14.4 Å². The van der Waals surface area contributed by atoms with Gasteiger partial charge in [-0.3, -0.25) is 9.59 Å². The van der Waals surface area contributed by atoms with Crippen LogP contribution >= 0.6 is 0 Å². The van der Waals surface area contributed by atoms with Gasteiger partial charge >= 0.3 is 12.0 Å². The normalized spacial score (nSPS) is 12.4. The number of nitrogens with zero attached hydrogens (tertiary/aromatic N) is 1. The van der Waals surface area contributed by atoms with Crippen molar-refractivity contribution in [3.63, 3.8) is 0 Å². The van der Waals surface area contributed by atoms with E-state index in [2.05, 4.69) is 10.6 Å². The Kier molecular flexibility index (Phi) is 7.00. The van der Waals surface area contributed by atoms with Gasteiger partial charge in [0.25, 0.3) is 5.56 Å². The van der Waals surface area contributed by atoms with E-state index in [1.807, 2.05) is 6.92 Å². The van der Waals surface area contributed by atoms with E-state index in [0.717, 1.165) is 6.42 Å². The number of nitrogens with one attached hydrogen (secondary N) is 2. The molecule has 7 heteroatoms. The lowest BCUT2D eigenvalue weighted by molar-refractivity contribution is -0.155. The van der Waals surface area contributed by atoms with Crippen molar-refractivity contribution in [3.8, 4) is 0 Å². The molecule has 0 aliphatic rings. The molecule has 0 aromatic carbocycles. The van der Waals surface area contributed by atoms with Gasteiger partial charge in [0.2, 0.25) is 0 Å². The third kappa shape index (κ3) is 7.30. The van der Waals surface area contributed by atoms with Gasteiger partial charge < -0.3 is 19.9 Å². The maximum absolute atomic E-state index is 12.0. The largest absolute Gasteiger partial charge is 0.460 e. The van der Waals surface area contributed by atoms with Gasteiger partial charge in [-0.2, -0.15) is 0 Å². The summed E-state index contributed by atoms with van der Waals surface area (Å²) in [7, 11) is 0. The predicted octanol–water partition coefficient (Wildman–Crippen LogP) is 2.50. The van der Waals surface area contributed by atoms with E-state index in [1.54, 1.807) is 44.5 Å². The number of aryl methyl sites for hydroxylation is 1. The van der Waals surface area contributed by atoms with Gasteiger partial charge in [0.1, 0.15) is 5.60 Å². The van der Waals surface area contributed by atoms with Crippen LogP contribution in [0.4, 0.5) is 10.5 Å². The van der Waals surface area contributed by atoms with Crippen LogP contribution in [0.3, 0.4) is 0 Å². The topological polar surface area (TPSA) is 89.4 Å². The number of pyridine rings is 1. The average molecular weight is 337 g/mol. The Morgan fingerprint density at radius 3 is 2.54 bits per heavy atom. The van der Waals surface area contributed by atoms with Crippen LogP contribution in [-0.2, 0) is 16.1 Å². The molecule has 0 radical (unpaired) electrons. The summed E-state index contributed by atoms with van der Waals surface area (Å²) < 4.78 is 6.76. The van der Waals surface area contributed by atoms with E-state index in [4.69, 9.17) is 4.74 Å². The van der Waals surface area contributed by atoms with Crippen LogP contribution in [0.1, 0.15) is 47.5 Å². The molecule has 1 aromatic heterocycles. The maximum atomic E-state index is 12.0. The van der Waals surface area contributed by atoms with Gasteiger partial charge in [0.05, 0.1) is 12.1 Å². The van der Waals surface area contributed by atoms with Crippen LogP contribution in [0.5, 0.6) is 0 Å². The predicted molar refractivity (Wildman–Crippen MR) is 93.1 cm³/mol. The minimum Gasteiger partial charge on any atom is -0.460 e. The van der Waals surface area contributed by atoms with Crippen molar-refractivity contribution in [2.24, 2.45) is 0 Å². The summed E-state index contributed by atoms with van der Waals surface area (Å²) in [5.41, 5.74) is -0.141. The lowest BCUT2D eigenvalue weighted by Crippen LogP contribution is -2.38. The fraction of sp³-hybridized carbons (Fsp3) is 0.588. The van der Waals surface area contributed by atoms with Gasteiger partial charge in [-0.25, -0.2) is 4.79 Å². The molecule has 1 atom stereocenters. The number of ether oxygens (including phenoxy) is 1. The van der Waals surface area contributed by atoms with Gasteiger partial charge in [-0.1, -0.05) is 6.92 Å². The minimum atomic E-state index is -0.550. The van der Waals surface area contributed by atoms with Gasteiger partial charge in [-0.15, -0.1) is 0 Å². The Balaban J connectivity index is 2.55. The van der Waals surface area contributed by atoms with Crippen LogP contribution in [0.15, 0.2) is 23.1 Å². The molecule has 0 saturated heterocycles. The van der Waals surface area contributed by atoms with Crippen LogP contribution < -0.4 is 16.2 Å². The van der Waals surface area contributed by atoms with Gasteiger partial charge in [0, 0.05) is 24.8 Å². The average Bonchev–Trinajstić information content (AvgIpc) is 2.40. The van der Waals surface area contributed by atoms with Crippen molar-refractivity contribution in [1.29, 1.82) is 0 Å². The molecule has 1 aromatic rings. The second kappa shape index (κ2) is 8.52. The van der Waals surface area contributed by atoms with Crippen molar-refractivity contribution >= 4 is 17.7 Å². The highest BCUT2D eigenvalue weighted by Gasteiger charge is 2.19. The quantitative estimate of drug-likeness (QED) is 0.781. The third-order valence-electron chi connectivity index (χ3n) is 2.98. The van der Waals surface area contributed by atoms with Crippen molar-refractivity contribution in [3.05, 3.63) is 28.7 Å². The number of aromatic nitrogens is 1. The molecule has 0 saturated carbocycles. The smallest absolute Gasteiger partial charge is 0.319 e. The molecular weight excluding hydrogens is 310 g/mol. The molecular formula is C17H27N3O4. The molecule has 7 nitrogen and oxygen atoms in total. The fourth-order valence-corrected chi connectivity index (χ4v) is 2.10. The van der Waals surface area contributed by atoms with Crippen LogP contribution in [0.2, 0.25) is 0 Å². The molecule has 0 unspecified atom stereocenters. The molecule has 0 spiro atoms. The third-order valence-corrected chi connectivity index (χ3v) is 2.98. The number of rotatable bonds is 6. The molecule has 0 fully saturated rings. The number of carbonyl (C=O) groups excluding carboxylic acids is 2. The summed E-state index contributed by atoms with van der Waals surface area (Å²) in [5, 5.41) is 5.33. The first-order valence-electron chi connectivity index (χ1n) is 8.10. The zero-order valence-electron chi connectivity index (χ0n) is 15.0. The molecule has 24 heavy (non-hydrogen) atoms. The number of carbonyl (C=O) groups is 2. The summed E-state index contributed by atoms with van der Waals surface area (Å²) in [6.07, 6.45) is 2.51. The highest BCUT2D eigenvalue weighted by Crippen LogP contribution is 2.09. The molecule has 134 valence electrons. The highest BCUT2D eigenvalue weighted by atomic mass is 16.6. The van der Waals surface area contributed by atoms with E-state index in [-0.39, 0.29) is 24.0 Å². The Labute approximate surface area is 142 Å². The van der Waals surface area contributed by atoms with Crippen molar-refractivity contribution < 1.29 is 14.3 Å². The Morgan fingerprint density at radius 2 is 1.96 bits per heavy atom. The number of anilines is 1. The molecule has 1 heterocycles. The summed E-state index contributed by atoms with van der Waals surface area (Å²) in [6, 6.07) is 2.15. The molecule has 2 amide bonds. The first kappa shape index (κ1) is 19.7. The standard InChI is InChI=1S/C17H27N3O4/c1-6-9-20-11-13(7-8-14(20)21)19-16(23)18-12(2)10-15(22)24-17(3,4)5/h7-8,11-12H,6,9-10H2,1-5H3,(H2,18,19,23)/t12-/m1/s1. The van der Waals surface area contributed by atoms with E-state index >= 15 is 0 Å². The molecule has 0 aliphatic heterocycles. The second-order valence-corrected chi connectivity index (χ2v) is 6.74. The van der Waals surface area contributed by atoms with E-state index < -0.39 is 11.6 Å². The van der Waals surface area contributed by atoms with Crippen LogP contribution in [0, 0.1) is 0 Å². The van der Waals surface area contributed by atoms with Gasteiger partial charge in [0.15, 0.2) is 0 Å². The molecule has 2 N–H and O–H groups in total. The van der Waals surface area contributed by atoms with Gasteiger partial charge in [-0.05, 0) is 40.2 Å². The lowest BCUT2D eigenvalue weighted by Gasteiger charge is -2.21. The molecule has 0 bridgehead atoms. The zero-order chi connectivity index (χ0) is 18.3. The minimum absolute atomic E-state index is 0.0834. The second-order valence-electron chi connectivity index (χ2n) is 6.74. The van der Waals surface area contributed by atoms with Crippen molar-refractivity contribution in [2.45, 2.75) is 65.6 Å². The number of hydrogen-bond acceptors (Lipinski definition) is 4. The first-order chi connectivity index (χ1) is 11.1. The van der Waals surface area contributed by atoms with E-state index in [0.29, 0.717) is 12.2 Å².